The molecule has 3 N–H and O–H groups in total. The molecule has 0 aliphatic heterocycles. The lowest BCUT2D eigenvalue weighted by Crippen LogP contribution is -2.15. The Morgan fingerprint density at radius 1 is 1.17 bits per heavy atom. The fourth-order valence-electron chi connectivity index (χ4n) is 1.79. The maximum absolute atomic E-state index is 11.9. The molecule has 0 bridgehead atoms. The number of carbonyl (C=O) groups excluding carboxylic acids is 1. The third-order valence-corrected chi connectivity index (χ3v) is 2.88. The number of rotatable bonds is 7. The molecule has 2 aromatic rings. The average Bonchev–Trinajstić information content (AvgIpc) is 2.51. The summed E-state index contributed by atoms with van der Waals surface area (Å²) in [6, 6.07) is 10.6. The third-order valence-electron chi connectivity index (χ3n) is 2.88. The van der Waals surface area contributed by atoms with E-state index in [-0.39, 0.29) is 24.7 Å². The van der Waals surface area contributed by atoms with Crippen LogP contribution in [0.15, 0.2) is 42.6 Å². The maximum atomic E-state index is 11.9. The van der Waals surface area contributed by atoms with Crippen LogP contribution in [0.3, 0.4) is 0 Å². The Hall–Kier alpha value is -2.31. The highest BCUT2D eigenvalue weighted by atomic mass is 35.5. The van der Waals surface area contributed by atoms with E-state index < -0.39 is 0 Å². The summed E-state index contributed by atoms with van der Waals surface area (Å²) < 4.78 is 10.4. The molecule has 1 amide bonds. The second kappa shape index (κ2) is 9.66. The molecule has 0 unspecified atom stereocenters. The summed E-state index contributed by atoms with van der Waals surface area (Å²) in [5.74, 6) is 0.598. The van der Waals surface area contributed by atoms with Crippen molar-refractivity contribution >= 4 is 29.7 Å². The Bertz CT molecular complexity index is 603. The first-order chi connectivity index (χ1) is 10.7. The second-order valence-electron chi connectivity index (χ2n) is 4.67. The van der Waals surface area contributed by atoms with E-state index in [1.54, 1.807) is 43.5 Å². The van der Waals surface area contributed by atoms with Gasteiger partial charge in [0.15, 0.2) is 0 Å². The van der Waals surface area contributed by atoms with Gasteiger partial charge in [-0.25, -0.2) is 0 Å². The first-order valence-electron chi connectivity index (χ1n) is 6.89. The SMILES string of the molecule is COCCOc1ccc(NC(=O)Cc2ccc(N)cn2)cc1.Cl. The van der Waals surface area contributed by atoms with Gasteiger partial charge in [-0.1, -0.05) is 0 Å². The molecule has 0 atom stereocenters. The number of hydrogen-bond acceptors (Lipinski definition) is 5. The highest BCUT2D eigenvalue weighted by Crippen LogP contribution is 2.16. The van der Waals surface area contributed by atoms with E-state index in [2.05, 4.69) is 10.3 Å². The van der Waals surface area contributed by atoms with Crippen LogP contribution >= 0.6 is 12.4 Å². The summed E-state index contributed by atoms with van der Waals surface area (Å²) in [6.45, 7) is 1.03. The molecule has 0 aliphatic carbocycles. The van der Waals surface area contributed by atoms with Gasteiger partial charge in [0, 0.05) is 18.5 Å². The Labute approximate surface area is 141 Å². The van der Waals surface area contributed by atoms with Crippen molar-refractivity contribution in [1.82, 2.24) is 4.98 Å². The number of ether oxygens (including phenoxy) is 2. The summed E-state index contributed by atoms with van der Waals surface area (Å²) in [4.78, 5) is 16.0. The molecule has 2 rings (SSSR count). The van der Waals surface area contributed by atoms with E-state index >= 15 is 0 Å². The number of pyridine rings is 1. The fraction of sp³-hybridized carbons (Fsp3) is 0.250. The molecule has 7 heteroatoms. The topological polar surface area (TPSA) is 86.5 Å². The molecule has 124 valence electrons. The minimum atomic E-state index is -0.134. The quantitative estimate of drug-likeness (QED) is 0.757. The van der Waals surface area contributed by atoms with Crippen LogP contribution in [-0.2, 0) is 16.0 Å². The number of hydrogen-bond donors (Lipinski definition) is 2. The van der Waals surface area contributed by atoms with Gasteiger partial charge in [0.2, 0.25) is 5.91 Å². The molecule has 0 saturated heterocycles. The normalized spacial score (nSPS) is 9.78. The highest BCUT2D eigenvalue weighted by molar-refractivity contribution is 5.92. The smallest absolute Gasteiger partial charge is 0.230 e. The molecule has 0 radical (unpaired) electrons. The van der Waals surface area contributed by atoms with Crippen LogP contribution in [0.1, 0.15) is 5.69 Å². The molecule has 1 heterocycles. The number of nitrogens with zero attached hydrogens (tertiary/aromatic N) is 1. The van der Waals surface area contributed by atoms with E-state index in [0.717, 1.165) is 5.75 Å². The highest BCUT2D eigenvalue weighted by Gasteiger charge is 2.05. The number of halogens is 1. The zero-order chi connectivity index (χ0) is 15.8. The standard InChI is InChI=1S/C16H19N3O3.ClH/c1-21-8-9-22-15-6-4-13(5-7-15)19-16(20)10-14-3-2-12(17)11-18-14;/h2-7,11H,8-10,17H2,1H3,(H,19,20);1H. The summed E-state index contributed by atoms with van der Waals surface area (Å²) >= 11 is 0. The van der Waals surface area contributed by atoms with Gasteiger partial charge in [-0.15, -0.1) is 12.4 Å². The summed E-state index contributed by atoms with van der Waals surface area (Å²) in [5, 5.41) is 2.81. The predicted octanol–water partition coefficient (Wildman–Crippen LogP) is 2.29. The van der Waals surface area contributed by atoms with Crippen molar-refractivity contribution in [1.29, 1.82) is 0 Å². The van der Waals surface area contributed by atoms with Gasteiger partial charge in [-0.3, -0.25) is 9.78 Å². The minimum Gasteiger partial charge on any atom is -0.491 e. The lowest BCUT2D eigenvalue weighted by atomic mass is 10.2. The minimum absolute atomic E-state index is 0. The van der Waals surface area contributed by atoms with E-state index in [1.807, 2.05) is 0 Å². The Balaban J connectivity index is 0.00000264. The second-order valence-corrected chi connectivity index (χ2v) is 4.67. The first kappa shape index (κ1) is 18.7. The number of amides is 1. The lowest BCUT2D eigenvalue weighted by Gasteiger charge is -2.08. The van der Waals surface area contributed by atoms with Crippen LogP contribution in [0, 0.1) is 0 Å². The van der Waals surface area contributed by atoms with Crippen LogP contribution in [0.2, 0.25) is 0 Å². The van der Waals surface area contributed by atoms with Crippen LogP contribution in [-0.4, -0.2) is 31.2 Å². The van der Waals surface area contributed by atoms with Gasteiger partial charge >= 0.3 is 0 Å². The third kappa shape index (κ3) is 6.54. The number of nitrogen functional groups attached to an aromatic ring is 1. The van der Waals surface area contributed by atoms with Gasteiger partial charge in [0.25, 0.3) is 0 Å². The van der Waals surface area contributed by atoms with E-state index in [9.17, 15) is 4.79 Å². The van der Waals surface area contributed by atoms with Crippen molar-refractivity contribution in [2.45, 2.75) is 6.42 Å². The fourth-order valence-corrected chi connectivity index (χ4v) is 1.79. The number of benzene rings is 1. The van der Waals surface area contributed by atoms with Crippen molar-refractivity contribution in [2.75, 3.05) is 31.4 Å². The average molecular weight is 338 g/mol. The molecule has 0 saturated carbocycles. The largest absolute Gasteiger partial charge is 0.491 e. The van der Waals surface area contributed by atoms with Crippen molar-refractivity contribution in [2.24, 2.45) is 0 Å². The number of aromatic nitrogens is 1. The zero-order valence-electron chi connectivity index (χ0n) is 12.8. The predicted molar refractivity (Wildman–Crippen MR) is 92.0 cm³/mol. The maximum Gasteiger partial charge on any atom is 0.230 e. The molecule has 23 heavy (non-hydrogen) atoms. The summed E-state index contributed by atoms with van der Waals surface area (Å²) in [6.07, 6.45) is 1.74. The van der Waals surface area contributed by atoms with E-state index in [0.29, 0.717) is 30.3 Å². The molecule has 1 aromatic carbocycles. The number of carbonyl (C=O) groups is 1. The first-order valence-corrected chi connectivity index (χ1v) is 6.89. The molecular formula is C16H20ClN3O3. The van der Waals surface area contributed by atoms with Gasteiger partial charge < -0.3 is 20.5 Å². The van der Waals surface area contributed by atoms with E-state index in [1.165, 1.54) is 6.20 Å². The van der Waals surface area contributed by atoms with Gasteiger partial charge in [-0.2, -0.15) is 0 Å². The Morgan fingerprint density at radius 2 is 1.91 bits per heavy atom. The van der Waals surface area contributed by atoms with Crippen LogP contribution in [0.5, 0.6) is 5.75 Å². The van der Waals surface area contributed by atoms with Crippen LogP contribution < -0.4 is 15.8 Å². The molecule has 0 fully saturated rings. The number of anilines is 2. The van der Waals surface area contributed by atoms with E-state index in [4.69, 9.17) is 15.2 Å². The van der Waals surface area contributed by atoms with Crippen molar-refractivity contribution in [3.05, 3.63) is 48.3 Å². The van der Waals surface area contributed by atoms with Crippen LogP contribution in [0.4, 0.5) is 11.4 Å². The monoisotopic (exact) mass is 337 g/mol. The Kier molecular flexibility index (Phi) is 7.87. The van der Waals surface area contributed by atoms with Gasteiger partial charge in [0.05, 0.1) is 24.9 Å². The molecule has 0 spiro atoms. The van der Waals surface area contributed by atoms with Gasteiger partial charge in [0.1, 0.15) is 12.4 Å². The van der Waals surface area contributed by atoms with Crippen molar-refractivity contribution in [3.63, 3.8) is 0 Å². The van der Waals surface area contributed by atoms with Crippen molar-refractivity contribution in [3.8, 4) is 5.75 Å². The zero-order valence-corrected chi connectivity index (χ0v) is 13.6. The number of nitrogens with two attached hydrogens (primary N) is 1. The molecule has 1 aromatic heterocycles. The van der Waals surface area contributed by atoms with Crippen molar-refractivity contribution < 1.29 is 14.3 Å². The van der Waals surface area contributed by atoms with Crippen LogP contribution in [0.25, 0.3) is 0 Å². The lowest BCUT2D eigenvalue weighted by molar-refractivity contribution is -0.115. The number of methoxy groups -OCH3 is 1. The molecule has 6 nitrogen and oxygen atoms in total. The molecular weight excluding hydrogens is 318 g/mol. The Morgan fingerprint density at radius 3 is 2.52 bits per heavy atom. The number of nitrogens with one attached hydrogen (secondary N) is 1. The molecule has 0 aliphatic rings. The summed E-state index contributed by atoms with van der Waals surface area (Å²) in [5.41, 5.74) is 7.51. The van der Waals surface area contributed by atoms with Gasteiger partial charge in [-0.05, 0) is 36.4 Å². The summed E-state index contributed by atoms with van der Waals surface area (Å²) in [7, 11) is 1.62.